The molecule has 0 radical (unpaired) electrons. The van der Waals surface area contributed by atoms with Gasteiger partial charge in [-0.2, -0.15) is 12.6 Å². The van der Waals surface area contributed by atoms with Crippen LogP contribution in [0, 0.1) is 0 Å². The molecule has 1 saturated heterocycles. The molecule has 0 spiro atoms. The maximum Gasteiger partial charge on any atom is 0.113 e. The molecule has 1 unspecified atom stereocenters. The largest absolute Gasteiger partial charge is 0.317 e. The molecule has 1 aliphatic heterocycles. The van der Waals surface area contributed by atoms with Crippen molar-refractivity contribution in [3.05, 3.63) is 0 Å². The topological polar surface area (TPSA) is 12.0 Å². The lowest BCUT2D eigenvalue weighted by Crippen LogP contribution is -2.25. The summed E-state index contributed by atoms with van der Waals surface area (Å²) in [5.74, 6) is 0.663. The van der Waals surface area contributed by atoms with E-state index in [1.807, 2.05) is 0 Å². The summed E-state index contributed by atoms with van der Waals surface area (Å²) >= 11 is 4.06. The molecule has 1 rings (SSSR count). The predicted octanol–water partition coefficient (Wildman–Crippen LogP) is 1.79. The average molecular weight is 177 g/mol. The van der Waals surface area contributed by atoms with E-state index in [9.17, 15) is 4.39 Å². The van der Waals surface area contributed by atoms with Gasteiger partial charge in [-0.05, 0) is 44.5 Å². The summed E-state index contributed by atoms with van der Waals surface area (Å²) in [6, 6.07) is 0. The van der Waals surface area contributed by atoms with Crippen LogP contribution in [0.3, 0.4) is 0 Å². The van der Waals surface area contributed by atoms with E-state index < -0.39 is 5.67 Å². The highest BCUT2D eigenvalue weighted by atomic mass is 32.1. The summed E-state index contributed by atoms with van der Waals surface area (Å²) in [6.45, 7) is 1.79. The van der Waals surface area contributed by atoms with Crippen LogP contribution >= 0.6 is 12.6 Å². The Morgan fingerprint density at radius 1 is 1.36 bits per heavy atom. The van der Waals surface area contributed by atoms with Crippen molar-refractivity contribution in [1.82, 2.24) is 5.32 Å². The second-order valence-electron chi connectivity index (χ2n) is 3.23. The van der Waals surface area contributed by atoms with Gasteiger partial charge in [0.15, 0.2) is 0 Å². The second kappa shape index (κ2) is 4.31. The quantitative estimate of drug-likeness (QED) is 0.613. The van der Waals surface area contributed by atoms with Crippen LogP contribution in [-0.2, 0) is 0 Å². The van der Waals surface area contributed by atoms with Crippen LogP contribution < -0.4 is 5.32 Å². The van der Waals surface area contributed by atoms with Crippen molar-refractivity contribution in [2.24, 2.45) is 0 Å². The molecule has 0 aromatic heterocycles. The van der Waals surface area contributed by atoms with Gasteiger partial charge in [0.25, 0.3) is 0 Å². The highest BCUT2D eigenvalue weighted by molar-refractivity contribution is 7.80. The van der Waals surface area contributed by atoms with Crippen LogP contribution in [0.1, 0.15) is 25.7 Å². The molecule has 1 fully saturated rings. The van der Waals surface area contributed by atoms with Crippen LogP contribution in [0.15, 0.2) is 0 Å². The van der Waals surface area contributed by atoms with Gasteiger partial charge in [0, 0.05) is 0 Å². The first-order chi connectivity index (χ1) is 5.27. The molecule has 1 N–H and O–H groups in total. The molecular formula is C8H16FNS. The van der Waals surface area contributed by atoms with Crippen molar-refractivity contribution in [2.75, 3.05) is 18.8 Å². The highest BCUT2D eigenvalue weighted by Crippen LogP contribution is 2.28. The molecule has 66 valence electrons. The Morgan fingerprint density at radius 3 is 2.91 bits per heavy atom. The van der Waals surface area contributed by atoms with Crippen molar-refractivity contribution in [1.29, 1.82) is 0 Å². The maximum absolute atomic E-state index is 13.7. The number of hydrogen-bond donors (Lipinski definition) is 2. The third-order valence-electron chi connectivity index (χ3n) is 2.29. The molecule has 1 heterocycles. The lowest BCUT2D eigenvalue weighted by atomic mass is 9.94. The van der Waals surface area contributed by atoms with Crippen molar-refractivity contribution in [2.45, 2.75) is 31.4 Å². The van der Waals surface area contributed by atoms with E-state index in [1.165, 1.54) is 0 Å². The summed E-state index contributed by atoms with van der Waals surface area (Å²) in [6.07, 6.45) is 2.94. The van der Waals surface area contributed by atoms with Crippen LogP contribution in [0.2, 0.25) is 0 Å². The number of alkyl halides is 1. The molecular weight excluding hydrogens is 161 g/mol. The van der Waals surface area contributed by atoms with Crippen molar-refractivity contribution in [3.63, 3.8) is 0 Å². The van der Waals surface area contributed by atoms with Crippen LogP contribution in [0.25, 0.3) is 0 Å². The van der Waals surface area contributed by atoms with Gasteiger partial charge in [-0.1, -0.05) is 0 Å². The number of halogens is 1. The number of thiol groups is 1. The summed E-state index contributed by atoms with van der Waals surface area (Å²) in [7, 11) is 0. The zero-order chi connectivity index (χ0) is 8.16. The second-order valence-corrected chi connectivity index (χ2v) is 3.68. The summed E-state index contributed by atoms with van der Waals surface area (Å²) in [5, 5.41) is 3.20. The normalized spacial score (nSPS) is 33.3. The molecule has 1 nitrogen and oxygen atoms in total. The van der Waals surface area contributed by atoms with Gasteiger partial charge in [-0.25, -0.2) is 4.39 Å². The molecule has 0 aromatic rings. The zero-order valence-electron chi connectivity index (χ0n) is 6.77. The Bertz CT molecular complexity index is 111. The first kappa shape index (κ1) is 9.33. The van der Waals surface area contributed by atoms with Crippen molar-refractivity contribution < 1.29 is 4.39 Å². The average Bonchev–Trinajstić information content (AvgIpc) is 2.15. The molecule has 3 heteroatoms. The monoisotopic (exact) mass is 177 g/mol. The van der Waals surface area contributed by atoms with Crippen molar-refractivity contribution >= 4 is 12.6 Å². The Labute approximate surface area is 73.2 Å². The Hall–Kier alpha value is 0.240. The van der Waals surface area contributed by atoms with E-state index in [4.69, 9.17) is 0 Å². The van der Waals surface area contributed by atoms with Gasteiger partial charge >= 0.3 is 0 Å². The van der Waals surface area contributed by atoms with E-state index in [1.54, 1.807) is 0 Å². The van der Waals surface area contributed by atoms with Gasteiger partial charge in [0.1, 0.15) is 5.67 Å². The predicted molar refractivity (Wildman–Crippen MR) is 49.0 cm³/mol. The first-order valence-electron chi connectivity index (χ1n) is 4.27. The molecule has 0 amide bonds. The van der Waals surface area contributed by atoms with Gasteiger partial charge in [0.05, 0.1) is 0 Å². The maximum atomic E-state index is 13.7. The molecule has 11 heavy (non-hydrogen) atoms. The van der Waals surface area contributed by atoms with E-state index in [0.717, 1.165) is 19.5 Å². The van der Waals surface area contributed by atoms with E-state index in [0.29, 0.717) is 25.0 Å². The molecule has 1 atom stereocenters. The van der Waals surface area contributed by atoms with Gasteiger partial charge in [0.2, 0.25) is 0 Å². The lowest BCUT2D eigenvalue weighted by molar-refractivity contribution is 0.140. The minimum Gasteiger partial charge on any atom is -0.317 e. The molecule has 0 aliphatic carbocycles. The fourth-order valence-electron chi connectivity index (χ4n) is 1.54. The molecule has 0 aromatic carbocycles. The summed E-state index contributed by atoms with van der Waals surface area (Å²) in [5.41, 5.74) is -0.925. The number of nitrogens with one attached hydrogen (secondary N) is 1. The standard InChI is InChI=1S/C8H16FNS/c9-8(4-7-11)2-1-5-10-6-3-8/h10-11H,1-7H2. The van der Waals surface area contributed by atoms with Crippen LogP contribution in [0.5, 0.6) is 0 Å². The van der Waals surface area contributed by atoms with E-state index >= 15 is 0 Å². The minimum atomic E-state index is -0.925. The molecule has 1 aliphatic rings. The number of rotatable bonds is 2. The lowest BCUT2D eigenvalue weighted by Gasteiger charge is -2.21. The third kappa shape index (κ3) is 2.99. The molecule has 0 saturated carbocycles. The van der Waals surface area contributed by atoms with Gasteiger partial charge < -0.3 is 5.32 Å². The zero-order valence-corrected chi connectivity index (χ0v) is 7.67. The van der Waals surface area contributed by atoms with Crippen LogP contribution in [0.4, 0.5) is 4.39 Å². The smallest absolute Gasteiger partial charge is 0.113 e. The van der Waals surface area contributed by atoms with Gasteiger partial charge in [-0.3, -0.25) is 0 Å². The van der Waals surface area contributed by atoms with E-state index in [-0.39, 0.29) is 0 Å². The Balaban J connectivity index is 2.38. The molecule has 0 bridgehead atoms. The first-order valence-corrected chi connectivity index (χ1v) is 4.91. The van der Waals surface area contributed by atoms with Crippen molar-refractivity contribution in [3.8, 4) is 0 Å². The number of hydrogen-bond acceptors (Lipinski definition) is 2. The Morgan fingerprint density at radius 2 is 2.18 bits per heavy atom. The third-order valence-corrected chi connectivity index (χ3v) is 2.51. The van der Waals surface area contributed by atoms with Gasteiger partial charge in [-0.15, -0.1) is 0 Å². The van der Waals surface area contributed by atoms with E-state index in [2.05, 4.69) is 17.9 Å². The van der Waals surface area contributed by atoms with Crippen LogP contribution in [-0.4, -0.2) is 24.5 Å². The fraction of sp³-hybridized carbons (Fsp3) is 1.00. The Kier molecular flexibility index (Phi) is 3.66. The summed E-state index contributed by atoms with van der Waals surface area (Å²) < 4.78 is 13.7. The minimum absolute atomic E-state index is 0.609. The fourth-order valence-corrected chi connectivity index (χ4v) is 1.94. The summed E-state index contributed by atoms with van der Waals surface area (Å²) in [4.78, 5) is 0. The highest BCUT2D eigenvalue weighted by Gasteiger charge is 2.28. The SMILES string of the molecule is FC1(CCS)CCCNCC1.